The number of rotatable bonds is 9. The topological polar surface area (TPSA) is 67.2 Å². The molecule has 32 heavy (non-hydrogen) atoms. The fraction of sp³-hybridized carbons (Fsp3) is 0.400. The predicted molar refractivity (Wildman–Crippen MR) is 127 cm³/mol. The molecule has 2 heterocycles. The average Bonchev–Trinajstić information content (AvgIpc) is 3.45. The molecule has 0 bridgehead atoms. The number of hydrogen-bond donors (Lipinski definition) is 1. The highest BCUT2D eigenvalue weighted by Gasteiger charge is 2.20. The molecule has 3 aromatic rings. The molecule has 0 aliphatic carbocycles. The molecule has 0 radical (unpaired) electrons. The molecule has 2 amide bonds. The van der Waals surface area contributed by atoms with Crippen LogP contribution in [0.3, 0.4) is 0 Å². The lowest BCUT2D eigenvalue weighted by atomic mass is 10.1. The number of carbonyl (C=O) groups is 2. The summed E-state index contributed by atoms with van der Waals surface area (Å²) in [5.41, 5.74) is 2.45. The Balaban J connectivity index is 1.29. The van der Waals surface area contributed by atoms with Gasteiger partial charge >= 0.3 is 0 Å². The molecule has 1 aromatic heterocycles. The van der Waals surface area contributed by atoms with Gasteiger partial charge in [-0.05, 0) is 49.9 Å². The third kappa shape index (κ3) is 5.30. The highest BCUT2D eigenvalue weighted by Crippen LogP contribution is 2.19. The lowest BCUT2D eigenvalue weighted by Gasteiger charge is -2.17. The Morgan fingerprint density at radius 2 is 1.72 bits per heavy atom. The molecule has 1 saturated heterocycles. The fourth-order valence-electron chi connectivity index (χ4n) is 4.22. The van der Waals surface area contributed by atoms with Crippen molar-refractivity contribution < 1.29 is 9.59 Å². The largest absolute Gasteiger partial charge is 0.352 e. The van der Waals surface area contributed by atoms with E-state index in [9.17, 15) is 9.59 Å². The summed E-state index contributed by atoms with van der Waals surface area (Å²) >= 11 is 6.08. The maximum absolute atomic E-state index is 12.8. The van der Waals surface area contributed by atoms with Crippen molar-refractivity contribution >= 4 is 34.4 Å². The smallest absolute Gasteiger partial charge is 0.252 e. The van der Waals surface area contributed by atoms with Crippen LogP contribution >= 0.6 is 11.6 Å². The van der Waals surface area contributed by atoms with Crippen molar-refractivity contribution in [3.05, 3.63) is 64.9 Å². The van der Waals surface area contributed by atoms with E-state index in [1.54, 1.807) is 18.2 Å². The van der Waals surface area contributed by atoms with Gasteiger partial charge in [0.05, 0.1) is 21.6 Å². The van der Waals surface area contributed by atoms with E-state index < -0.39 is 0 Å². The second-order valence-electron chi connectivity index (χ2n) is 8.24. The number of carbonyl (C=O) groups excluding carboxylic acids is 2. The summed E-state index contributed by atoms with van der Waals surface area (Å²) < 4.78 is 2.08. The zero-order valence-electron chi connectivity index (χ0n) is 18.2. The second kappa shape index (κ2) is 10.6. The molecule has 1 aliphatic heterocycles. The number of nitrogens with zero attached hydrogens (tertiary/aromatic N) is 3. The monoisotopic (exact) mass is 452 g/mol. The van der Waals surface area contributed by atoms with E-state index in [0.717, 1.165) is 68.5 Å². The van der Waals surface area contributed by atoms with Gasteiger partial charge in [0.2, 0.25) is 5.91 Å². The number of aryl methyl sites for hydroxylation is 1. The molecule has 2 aromatic carbocycles. The number of likely N-dealkylation sites (tertiary alicyclic amines) is 1. The molecule has 0 unspecified atom stereocenters. The number of para-hydroxylation sites is 2. The van der Waals surface area contributed by atoms with Crippen LogP contribution in [0.1, 0.15) is 48.3 Å². The predicted octanol–water partition coefficient (Wildman–Crippen LogP) is 4.45. The van der Waals surface area contributed by atoms with Gasteiger partial charge in [0, 0.05) is 26.1 Å². The molecule has 0 atom stereocenters. The molecule has 0 saturated carbocycles. The number of imidazole rings is 1. The van der Waals surface area contributed by atoms with Crippen molar-refractivity contribution in [3.8, 4) is 0 Å². The Labute approximate surface area is 193 Å². The van der Waals surface area contributed by atoms with Crippen molar-refractivity contribution in [3.63, 3.8) is 0 Å². The number of aromatic nitrogens is 2. The van der Waals surface area contributed by atoms with E-state index in [-0.39, 0.29) is 11.8 Å². The van der Waals surface area contributed by atoms with Crippen molar-refractivity contribution in [2.24, 2.45) is 0 Å². The minimum Gasteiger partial charge on any atom is -0.352 e. The Bertz CT molecular complexity index is 1090. The molecule has 0 spiro atoms. The normalized spacial score (nSPS) is 13.6. The zero-order chi connectivity index (χ0) is 22.3. The van der Waals surface area contributed by atoms with Gasteiger partial charge in [-0.15, -0.1) is 0 Å². The van der Waals surface area contributed by atoms with E-state index in [2.05, 4.69) is 9.88 Å². The maximum Gasteiger partial charge on any atom is 0.252 e. The summed E-state index contributed by atoms with van der Waals surface area (Å²) in [6, 6.07) is 15.1. The van der Waals surface area contributed by atoms with Gasteiger partial charge in [-0.2, -0.15) is 0 Å². The van der Waals surface area contributed by atoms with Gasteiger partial charge in [0.1, 0.15) is 12.4 Å². The summed E-state index contributed by atoms with van der Waals surface area (Å²) in [5, 5.41) is 3.40. The number of unbranched alkanes of at least 4 members (excludes halogenated alkanes) is 2. The Kier molecular flexibility index (Phi) is 7.43. The molecule has 168 valence electrons. The molecule has 7 heteroatoms. The summed E-state index contributed by atoms with van der Waals surface area (Å²) in [4.78, 5) is 31.7. The number of amides is 2. The van der Waals surface area contributed by atoms with Crippen LogP contribution in [-0.2, 0) is 17.8 Å². The first-order valence-electron chi connectivity index (χ1n) is 11.4. The lowest BCUT2D eigenvalue weighted by molar-refractivity contribution is -0.130. The number of nitrogens with one attached hydrogen (secondary N) is 1. The first kappa shape index (κ1) is 22.3. The van der Waals surface area contributed by atoms with Crippen molar-refractivity contribution in [1.29, 1.82) is 0 Å². The standard InChI is InChI=1S/C25H29ClN4O2/c26-20-11-4-3-10-19(20)25(32)27-15-7-1-2-14-23-28-21-12-5-6-13-22(21)30(23)18-24(31)29-16-8-9-17-29/h3-6,10-13H,1-2,7-9,14-18H2,(H,27,32). The number of benzene rings is 2. The third-order valence-electron chi connectivity index (χ3n) is 5.97. The zero-order valence-corrected chi connectivity index (χ0v) is 19.0. The van der Waals surface area contributed by atoms with E-state index in [4.69, 9.17) is 16.6 Å². The van der Waals surface area contributed by atoms with E-state index >= 15 is 0 Å². The SMILES string of the molecule is O=C(NCCCCCc1nc2ccccc2n1CC(=O)N1CCCC1)c1ccccc1Cl. The maximum atomic E-state index is 12.8. The van der Waals surface area contributed by atoms with Crippen molar-refractivity contribution in [2.45, 2.75) is 45.1 Å². The molecule has 4 rings (SSSR count). The summed E-state index contributed by atoms with van der Waals surface area (Å²) in [7, 11) is 0. The van der Waals surface area contributed by atoms with Crippen LogP contribution in [0.5, 0.6) is 0 Å². The van der Waals surface area contributed by atoms with Gasteiger partial charge in [0.25, 0.3) is 5.91 Å². The van der Waals surface area contributed by atoms with Gasteiger partial charge in [-0.3, -0.25) is 9.59 Å². The molecule has 6 nitrogen and oxygen atoms in total. The average molecular weight is 453 g/mol. The molecular formula is C25H29ClN4O2. The molecular weight excluding hydrogens is 424 g/mol. The number of halogens is 1. The third-order valence-corrected chi connectivity index (χ3v) is 6.30. The highest BCUT2D eigenvalue weighted by molar-refractivity contribution is 6.33. The minimum absolute atomic E-state index is 0.141. The van der Waals surface area contributed by atoms with Crippen LogP contribution in [0.4, 0.5) is 0 Å². The van der Waals surface area contributed by atoms with Gasteiger partial charge in [-0.25, -0.2) is 4.98 Å². The van der Waals surface area contributed by atoms with Crippen LogP contribution in [0.2, 0.25) is 5.02 Å². The minimum atomic E-state index is -0.141. The number of fused-ring (bicyclic) bond motifs is 1. The van der Waals surface area contributed by atoms with Crippen molar-refractivity contribution in [2.75, 3.05) is 19.6 Å². The molecule has 1 N–H and O–H groups in total. The van der Waals surface area contributed by atoms with Crippen molar-refractivity contribution in [1.82, 2.24) is 19.8 Å². The van der Waals surface area contributed by atoms with Crippen LogP contribution in [-0.4, -0.2) is 45.9 Å². The first-order chi connectivity index (χ1) is 15.6. The van der Waals surface area contributed by atoms with Crippen LogP contribution in [0.15, 0.2) is 48.5 Å². The Morgan fingerprint density at radius 1 is 0.969 bits per heavy atom. The van der Waals surface area contributed by atoms with Gasteiger partial charge < -0.3 is 14.8 Å². The molecule has 1 fully saturated rings. The Morgan fingerprint density at radius 3 is 2.53 bits per heavy atom. The van der Waals surface area contributed by atoms with Crippen LogP contribution in [0.25, 0.3) is 11.0 Å². The van der Waals surface area contributed by atoms with E-state index in [0.29, 0.717) is 23.7 Å². The van der Waals surface area contributed by atoms with Gasteiger partial charge in [0.15, 0.2) is 0 Å². The summed E-state index contributed by atoms with van der Waals surface area (Å²) in [6.07, 6.45) is 5.78. The summed E-state index contributed by atoms with van der Waals surface area (Å²) in [5.74, 6) is 0.992. The van der Waals surface area contributed by atoms with Gasteiger partial charge in [-0.1, -0.05) is 42.3 Å². The van der Waals surface area contributed by atoms with E-state index in [1.807, 2.05) is 35.2 Å². The van der Waals surface area contributed by atoms with Crippen LogP contribution < -0.4 is 5.32 Å². The highest BCUT2D eigenvalue weighted by atomic mass is 35.5. The second-order valence-corrected chi connectivity index (χ2v) is 8.64. The lowest BCUT2D eigenvalue weighted by Crippen LogP contribution is -2.31. The molecule has 1 aliphatic rings. The first-order valence-corrected chi connectivity index (χ1v) is 11.8. The quantitative estimate of drug-likeness (QED) is 0.487. The van der Waals surface area contributed by atoms with Crippen LogP contribution in [0, 0.1) is 0 Å². The fourth-order valence-corrected chi connectivity index (χ4v) is 4.44. The number of hydrogen-bond acceptors (Lipinski definition) is 3. The Hall–Kier alpha value is -2.86. The summed E-state index contributed by atoms with van der Waals surface area (Å²) in [6.45, 7) is 2.68. The van der Waals surface area contributed by atoms with E-state index in [1.165, 1.54) is 0 Å².